The molecule has 0 saturated heterocycles. The van der Waals surface area contributed by atoms with E-state index in [0.717, 1.165) is 26.4 Å². The van der Waals surface area contributed by atoms with Gasteiger partial charge in [-0.3, -0.25) is 0 Å². The molecule has 1 aliphatic heterocycles. The van der Waals surface area contributed by atoms with Gasteiger partial charge in [-0.15, -0.1) is 0 Å². The first-order valence-corrected chi connectivity index (χ1v) is 7.77. The Kier molecular flexibility index (Phi) is 3.12. The van der Waals surface area contributed by atoms with E-state index in [1.807, 2.05) is 54.6 Å². The molecule has 1 aliphatic rings. The van der Waals surface area contributed by atoms with Crippen LogP contribution in [0.4, 0.5) is 4.79 Å². The number of hydrogen-bond donors (Lipinski definition) is 1. The molecule has 22 heavy (non-hydrogen) atoms. The molecule has 1 amide bonds. The second kappa shape index (κ2) is 5.14. The predicted molar refractivity (Wildman–Crippen MR) is 89.1 cm³/mol. The number of carbonyl (C=O) groups is 1. The molecule has 0 bridgehead atoms. The average Bonchev–Trinajstić information content (AvgIpc) is 2.55. The van der Waals surface area contributed by atoms with Gasteiger partial charge >= 0.3 is 6.09 Å². The largest absolute Gasteiger partial charge is 0.413 e. The molecule has 1 unspecified atom stereocenters. The first-order chi connectivity index (χ1) is 10.7. The number of nitrogens with one attached hydrogen (secondary N) is 1. The number of amides is 1. The number of carbonyl (C=O) groups excluding carboxylic acids is 1. The monoisotopic (exact) mass is 353 g/mol. The summed E-state index contributed by atoms with van der Waals surface area (Å²) in [7, 11) is 0. The van der Waals surface area contributed by atoms with Gasteiger partial charge in [0, 0.05) is 15.4 Å². The summed E-state index contributed by atoms with van der Waals surface area (Å²) in [5.41, 5.74) is 2.00. The third-order valence-corrected chi connectivity index (χ3v) is 4.41. The van der Waals surface area contributed by atoms with Gasteiger partial charge in [-0.05, 0) is 23.1 Å². The Balaban J connectivity index is 1.92. The van der Waals surface area contributed by atoms with Crippen LogP contribution in [0.1, 0.15) is 17.2 Å². The van der Waals surface area contributed by atoms with Crippen molar-refractivity contribution in [3.05, 3.63) is 76.3 Å². The predicted octanol–water partition coefficient (Wildman–Crippen LogP) is 4.79. The summed E-state index contributed by atoms with van der Waals surface area (Å²) >= 11 is 3.43. The lowest BCUT2D eigenvalue weighted by atomic mass is 9.94. The van der Waals surface area contributed by atoms with Crippen LogP contribution in [0.5, 0.6) is 5.75 Å². The normalized spacial score (nSPS) is 16.8. The van der Waals surface area contributed by atoms with Crippen molar-refractivity contribution < 1.29 is 9.53 Å². The summed E-state index contributed by atoms with van der Waals surface area (Å²) in [6, 6.07) is 19.7. The number of rotatable bonds is 1. The number of benzene rings is 3. The van der Waals surface area contributed by atoms with E-state index in [9.17, 15) is 4.79 Å². The van der Waals surface area contributed by atoms with Crippen LogP contribution in [0.15, 0.2) is 65.1 Å². The van der Waals surface area contributed by atoms with E-state index in [1.165, 1.54) is 0 Å². The van der Waals surface area contributed by atoms with Crippen molar-refractivity contribution in [1.82, 2.24) is 5.32 Å². The molecule has 4 heteroatoms. The molecule has 0 fully saturated rings. The van der Waals surface area contributed by atoms with Crippen molar-refractivity contribution in [2.75, 3.05) is 0 Å². The molecule has 3 aromatic carbocycles. The molecule has 0 aliphatic carbocycles. The Labute approximate surface area is 136 Å². The maximum atomic E-state index is 12.0. The summed E-state index contributed by atoms with van der Waals surface area (Å²) in [5, 5.41) is 4.91. The minimum absolute atomic E-state index is 0.200. The van der Waals surface area contributed by atoms with Crippen molar-refractivity contribution in [2.45, 2.75) is 6.04 Å². The lowest BCUT2D eigenvalue weighted by molar-refractivity contribution is 0.192. The van der Waals surface area contributed by atoms with E-state index in [0.29, 0.717) is 5.75 Å². The number of hydrogen-bond acceptors (Lipinski definition) is 2. The highest BCUT2D eigenvalue weighted by Gasteiger charge is 2.28. The molecule has 108 valence electrons. The van der Waals surface area contributed by atoms with Crippen molar-refractivity contribution in [1.29, 1.82) is 0 Å². The molecular weight excluding hydrogens is 342 g/mol. The Morgan fingerprint density at radius 3 is 2.55 bits per heavy atom. The highest BCUT2D eigenvalue weighted by Crippen LogP contribution is 2.39. The second-order valence-electron chi connectivity index (χ2n) is 5.22. The van der Waals surface area contributed by atoms with Crippen LogP contribution < -0.4 is 10.1 Å². The van der Waals surface area contributed by atoms with E-state index in [-0.39, 0.29) is 6.04 Å². The van der Waals surface area contributed by atoms with Crippen molar-refractivity contribution in [2.24, 2.45) is 0 Å². The lowest BCUT2D eigenvalue weighted by Crippen LogP contribution is -2.36. The smallest absolute Gasteiger partial charge is 0.409 e. The minimum Gasteiger partial charge on any atom is -0.409 e. The Morgan fingerprint density at radius 2 is 1.73 bits per heavy atom. The third kappa shape index (κ3) is 2.16. The van der Waals surface area contributed by atoms with E-state index >= 15 is 0 Å². The summed E-state index contributed by atoms with van der Waals surface area (Å²) in [6.45, 7) is 0. The topological polar surface area (TPSA) is 38.3 Å². The van der Waals surface area contributed by atoms with Crippen LogP contribution in [-0.4, -0.2) is 6.09 Å². The third-order valence-electron chi connectivity index (χ3n) is 3.88. The van der Waals surface area contributed by atoms with Crippen LogP contribution in [0, 0.1) is 0 Å². The van der Waals surface area contributed by atoms with Gasteiger partial charge in [0.2, 0.25) is 0 Å². The van der Waals surface area contributed by atoms with Gasteiger partial charge in [0.15, 0.2) is 0 Å². The highest BCUT2D eigenvalue weighted by molar-refractivity contribution is 9.10. The van der Waals surface area contributed by atoms with Gasteiger partial charge < -0.3 is 10.1 Å². The summed E-state index contributed by atoms with van der Waals surface area (Å²) in [5.74, 6) is 0.648. The zero-order chi connectivity index (χ0) is 15.1. The van der Waals surface area contributed by atoms with Crippen LogP contribution in [-0.2, 0) is 0 Å². The second-order valence-corrected chi connectivity index (χ2v) is 6.14. The van der Waals surface area contributed by atoms with E-state index in [2.05, 4.69) is 27.3 Å². The molecule has 0 radical (unpaired) electrons. The Bertz CT molecular complexity index is 874. The fraction of sp³-hybridized carbons (Fsp3) is 0.0556. The molecule has 1 N–H and O–H groups in total. The van der Waals surface area contributed by atoms with Crippen LogP contribution >= 0.6 is 15.9 Å². The number of halogens is 1. The van der Waals surface area contributed by atoms with Gasteiger partial charge in [0.05, 0.1) is 6.04 Å². The fourth-order valence-corrected chi connectivity index (χ4v) is 3.10. The maximum Gasteiger partial charge on any atom is 0.413 e. The van der Waals surface area contributed by atoms with E-state index in [4.69, 9.17) is 4.74 Å². The zero-order valence-corrected chi connectivity index (χ0v) is 13.1. The standard InChI is InChI=1S/C18H12BrNO2/c19-13-8-5-12(6-9-13)16-15-10-7-11-3-1-2-4-14(11)17(15)22-18(21)20-16/h1-10,16H,(H,20,21). The van der Waals surface area contributed by atoms with Crippen molar-refractivity contribution >= 4 is 32.8 Å². The summed E-state index contributed by atoms with van der Waals surface area (Å²) < 4.78 is 6.47. The molecule has 1 heterocycles. The first-order valence-electron chi connectivity index (χ1n) is 6.98. The van der Waals surface area contributed by atoms with Gasteiger partial charge in [-0.25, -0.2) is 4.79 Å². The van der Waals surface area contributed by atoms with Crippen molar-refractivity contribution in [3.8, 4) is 5.75 Å². The number of ether oxygens (including phenoxy) is 1. The molecule has 0 spiro atoms. The Hall–Kier alpha value is -2.33. The fourth-order valence-electron chi connectivity index (χ4n) is 2.84. The molecule has 3 nitrogen and oxygen atoms in total. The molecule has 4 rings (SSSR count). The SMILES string of the molecule is O=C1NC(c2ccc(Br)cc2)c2ccc3ccccc3c2O1. The van der Waals surface area contributed by atoms with Gasteiger partial charge in [-0.2, -0.15) is 0 Å². The van der Waals surface area contributed by atoms with Gasteiger partial charge in [-0.1, -0.05) is 64.5 Å². The van der Waals surface area contributed by atoms with E-state index in [1.54, 1.807) is 0 Å². The van der Waals surface area contributed by atoms with Gasteiger partial charge in [0.1, 0.15) is 5.75 Å². The first kappa shape index (κ1) is 13.3. The molecule has 0 aromatic heterocycles. The lowest BCUT2D eigenvalue weighted by Gasteiger charge is -2.27. The maximum absolute atomic E-state index is 12.0. The van der Waals surface area contributed by atoms with Gasteiger partial charge in [0.25, 0.3) is 0 Å². The highest BCUT2D eigenvalue weighted by atomic mass is 79.9. The quantitative estimate of drug-likeness (QED) is 0.682. The molecule has 1 atom stereocenters. The zero-order valence-electron chi connectivity index (χ0n) is 11.5. The summed E-state index contributed by atoms with van der Waals surface area (Å²) in [4.78, 5) is 12.0. The molecule has 3 aromatic rings. The van der Waals surface area contributed by atoms with Crippen LogP contribution in [0.2, 0.25) is 0 Å². The summed E-state index contributed by atoms with van der Waals surface area (Å²) in [6.07, 6.45) is -0.420. The van der Waals surface area contributed by atoms with Crippen molar-refractivity contribution in [3.63, 3.8) is 0 Å². The molecule has 0 saturated carbocycles. The Morgan fingerprint density at radius 1 is 0.955 bits per heavy atom. The number of fused-ring (bicyclic) bond motifs is 3. The van der Waals surface area contributed by atoms with Crippen LogP contribution in [0.25, 0.3) is 10.8 Å². The van der Waals surface area contributed by atoms with E-state index < -0.39 is 6.09 Å². The average molecular weight is 354 g/mol. The minimum atomic E-state index is -0.420. The molecular formula is C18H12BrNO2. The van der Waals surface area contributed by atoms with Crippen LogP contribution in [0.3, 0.4) is 0 Å².